The van der Waals surface area contributed by atoms with E-state index in [1.54, 1.807) is 36.4 Å². The van der Waals surface area contributed by atoms with Gasteiger partial charge in [0.15, 0.2) is 0 Å². The number of hydrogen-bond donors (Lipinski definition) is 2. The summed E-state index contributed by atoms with van der Waals surface area (Å²) in [6, 6.07) is 12.1. The lowest BCUT2D eigenvalue weighted by atomic mass is 10.1. The molecular weight excluding hydrogens is 384 g/mol. The monoisotopic (exact) mass is 404 g/mol. The van der Waals surface area contributed by atoms with Crippen molar-refractivity contribution in [1.29, 1.82) is 0 Å². The first-order valence-electron chi connectivity index (χ1n) is 8.17. The predicted molar refractivity (Wildman–Crippen MR) is 102 cm³/mol. The number of halogens is 1. The maximum atomic E-state index is 12.6. The average Bonchev–Trinajstić information content (AvgIpc) is 2.61. The molecule has 0 saturated carbocycles. The Balaban J connectivity index is 2.18. The van der Waals surface area contributed by atoms with E-state index in [0.717, 1.165) is 10.9 Å². The summed E-state index contributed by atoms with van der Waals surface area (Å²) in [6.45, 7) is 4.94. The molecule has 5 nitrogen and oxygen atoms in total. The van der Waals surface area contributed by atoms with Gasteiger partial charge >= 0.3 is 0 Å². The van der Waals surface area contributed by atoms with Gasteiger partial charge in [-0.05, 0) is 49.7 Å². The molecule has 0 aliphatic carbocycles. The first-order chi connectivity index (χ1) is 12.0. The standard InChI is InChI=1S/C19H21BrN2O3/c1-3-10-21-18(23)13-6-5-7-15(11-13)22-19(24)16-12-14(20)8-9-17(16)25-4-2/h5-9,11-12H,3-4,10H2,1-2H3,(H,21,23)(H,22,24). The molecule has 2 aromatic carbocycles. The number of anilines is 1. The van der Waals surface area contributed by atoms with Crippen molar-refractivity contribution < 1.29 is 14.3 Å². The van der Waals surface area contributed by atoms with E-state index in [9.17, 15) is 9.59 Å². The Hall–Kier alpha value is -2.34. The van der Waals surface area contributed by atoms with Crippen LogP contribution < -0.4 is 15.4 Å². The van der Waals surface area contributed by atoms with Crippen LogP contribution in [0.25, 0.3) is 0 Å². The van der Waals surface area contributed by atoms with Gasteiger partial charge in [0.1, 0.15) is 5.75 Å². The van der Waals surface area contributed by atoms with Crippen LogP contribution in [-0.4, -0.2) is 25.0 Å². The van der Waals surface area contributed by atoms with Crippen LogP contribution in [0.4, 0.5) is 5.69 Å². The number of nitrogens with one attached hydrogen (secondary N) is 2. The van der Waals surface area contributed by atoms with Crippen LogP contribution in [0.5, 0.6) is 5.75 Å². The van der Waals surface area contributed by atoms with Crippen LogP contribution in [0.1, 0.15) is 41.0 Å². The molecule has 0 fully saturated rings. The highest BCUT2D eigenvalue weighted by Gasteiger charge is 2.14. The van der Waals surface area contributed by atoms with Crippen molar-refractivity contribution in [2.24, 2.45) is 0 Å². The SMILES string of the molecule is CCCNC(=O)c1cccc(NC(=O)c2cc(Br)ccc2OCC)c1. The summed E-state index contributed by atoms with van der Waals surface area (Å²) >= 11 is 3.37. The summed E-state index contributed by atoms with van der Waals surface area (Å²) in [5.41, 5.74) is 1.49. The molecule has 0 saturated heterocycles. The number of hydrogen-bond acceptors (Lipinski definition) is 3. The van der Waals surface area contributed by atoms with Crippen molar-refractivity contribution in [1.82, 2.24) is 5.32 Å². The number of carbonyl (C=O) groups excluding carboxylic acids is 2. The topological polar surface area (TPSA) is 67.4 Å². The lowest BCUT2D eigenvalue weighted by molar-refractivity contribution is 0.0952. The molecule has 132 valence electrons. The van der Waals surface area contributed by atoms with E-state index in [-0.39, 0.29) is 11.8 Å². The summed E-state index contributed by atoms with van der Waals surface area (Å²) in [6.07, 6.45) is 0.866. The predicted octanol–water partition coefficient (Wildman–Crippen LogP) is 4.24. The van der Waals surface area contributed by atoms with Crippen LogP contribution in [0.3, 0.4) is 0 Å². The molecule has 0 unspecified atom stereocenters. The number of rotatable bonds is 7. The Morgan fingerprint density at radius 3 is 2.60 bits per heavy atom. The number of benzene rings is 2. The van der Waals surface area contributed by atoms with E-state index >= 15 is 0 Å². The molecule has 0 radical (unpaired) electrons. The quantitative estimate of drug-likeness (QED) is 0.724. The van der Waals surface area contributed by atoms with Crippen LogP contribution in [0.2, 0.25) is 0 Å². The maximum absolute atomic E-state index is 12.6. The molecule has 25 heavy (non-hydrogen) atoms. The highest BCUT2D eigenvalue weighted by molar-refractivity contribution is 9.10. The Bertz CT molecular complexity index is 762. The fraction of sp³-hybridized carbons (Fsp3) is 0.263. The lowest BCUT2D eigenvalue weighted by Gasteiger charge is -2.12. The van der Waals surface area contributed by atoms with Crippen molar-refractivity contribution in [3.63, 3.8) is 0 Å². The van der Waals surface area contributed by atoms with Gasteiger partial charge in [0.05, 0.1) is 12.2 Å². The van der Waals surface area contributed by atoms with Gasteiger partial charge in [-0.2, -0.15) is 0 Å². The van der Waals surface area contributed by atoms with Crippen molar-refractivity contribution in [3.05, 3.63) is 58.1 Å². The Kier molecular flexibility index (Phi) is 7.01. The summed E-state index contributed by atoms with van der Waals surface area (Å²) in [5, 5.41) is 5.63. The molecule has 0 aromatic heterocycles. The van der Waals surface area contributed by atoms with Crippen molar-refractivity contribution >= 4 is 33.4 Å². The molecule has 0 bridgehead atoms. The van der Waals surface area contributed by atoms with Gasteiger partial charge in [-0.1, -0.05) is 28.9 Å². The number of carbonyl (C=O) groups is 2. The van der Waals surface area contributed by atoms with E-state index in [0.29, 0.717) is 35.7 Å². The minimum Gasteiger partial charge on any atom is -0.493 e. The molecule has 0 spiro atoms. The molecule has 2 aromatic rings. The first kappa shape index (κ1) is 19.0. The summed E-state index contributed by atoms with van der Waals surface area (Å²) in [4.78, 5) is 24.6. The van der Waals surface area contributed by atoms with Gasteiger partial charge in [-0.15, -0.1) is 0 Å². The number of amides is 2. The molecule has 0 aliphatic rings. The molecule has 0 heterocycles. The Morgan fingerprint density at radius 1 is 1.08 bits per heavy atom. The van der Waals surface area contributed by atoms with Gasteiger partial charge in [0, 0.05) is 22.3 Å². The van der Waals surface area contributed by atoms with Gasteiger partial charge < -0.3 is 15.4 Å². The average molecular weight is 405 g/mol. The summed E-state index contributed by atoms with van der Waals surface area (Å²) < 4.78 is 6.30. The molecule has 2 amide bonds. The molecular formula is C19H21BrN2O3. The van der Waals surface area contributed by atoms with Crippen LogP contribution >= 0.6 is 15.9 Å². The summed E-state index contributed by atoms with van der Waals surface area (Å²) in [5.74, 6) is 0.0614. The van der Waals surface area contributed by atoms with Gasteiger partial charge in [0.2, 0.25) is 0 Å². The highest BCUT2D eigenvalue weighted by atomic mass is 79.9. The molecule has 0 aliphatic heterocycles. The van der Waals surface area contributed by atoms with Crippen molar-refractivity contribution in [2.45, 2.75) is 20.3 Å². The third-order valence-electron chi connectivity index (χ3n) is 3.40. The van der Waals surface area contributed by atoms with E-state index in [1.807, 2.05) is 19.9 Å². The smallest absolute Gasteiger partial charge is 0.259 e. The molecule has 6 heteroatoms. The van der Waals surface area contributed by atoms with Crippen LogP contribution in [0, 0.1) is 0 Å². The second-order valence-electron chi connectivity index (χ2n) is 5.36. The van der Waals surface area contributed by atoms with E-state index in [1.165, 1.54) is 0 Å². The highest BCUT2D eigenvalue weighted by Crippen LogP contribution is 2.24. The first-order valence-corrected chi connectivity index (χ1v) is 8.96. The van der Waals surface area contributed by atoms with Gasteiger partial charge in [-0.25, -0.2) is 0 Å². The second kappa shape index (κ2) is 9.22. The van der Waals surface area contributed by atoms with Crippen LogP contribution in [0.15, 0.2) is 46.9 Å². The van der Waals surface area contributed by atoms with Crippen molar-refractivity contribution in [3.8, 4) is 5.75 Å². The minimum absolute atomic E-state index is 0.157. The summed E-state index contributed by atoms with van der Waals surface area (Å²) in [7, 11) is 0. The van der Waals surface area contributed by atoms with Gasteiger partial charge in [-0.3, -0.25) is 9.59 Å². The zero-order valence-corrected chi connectivity index (χ0v) is 15.9. The third-order valence-corrected chi connectivity index (χ3v) is 3.90. The van der Waals surface area contributed by atoms with E-state index in [2.05, 4.69) is 26.6 Å². The minimum atomic E-state index is -0.295. The normalized spacial score (nSPS) is 10.2. The fourth-order valence-corrected chi connectivity index (χ4v) is 2.60. The Morgan fingerprint density at radius 2 is 1.88 bits per heavy atom. The van der Waals surface area contributed by atoms with Crippen molar-refractivity contribution in [2.75, 3.05) is 18.5 Å². The molecule has 2 rings (SSSR count). The Labute approximate surface area is 155 Å². The number of ether oxygens (including phenoxy) is 1. The zero-order chi connectivity index (χ0) is 18.2. The van der Waals surface area contributed by atoms with E-state index in [4.69, 9.17) is 4.74 Å². The third kappa shape index (κ3) is 5.32. The molecule has 0 atom stereocenters. The lowest BCUT2D eigenvalue weighted by Crippen LogP contribution is -2.24. The fourth-order valence-electron chi connectivity index (χ4n) is 2.24. The zero-order valence-electron chi connectivity index (χ0n) is 14.3. The van der Waals surface area contributed by atoms with Gasteiger partial charge in [0.25, 0.3) is 11.8 Å². The second-order valence-corrected chi connectivity index (χ2v) is 6.28. The molecule has 2 N–H and O–H groups in total. The van der Waals surface area contributed by atoms with E-state index < -0.39 is 0 Å². The van der Waals surface area contributed by atoms with Crippen LogP contribution in [-0.2, 0) is 0 Å². The largest absolute Gasteiger partial charge is 0.493 e. The maximum Gasteiger partial charge on any atom is 0.259 e.